The van der Waals surface area contributed by atoms with E-state index in [9.17, 15) is 0 Å². The van der Waals surface area contributed by atoms with Crippen molar-refractivity contribution in [3.05, 3.63) is 52.4 Å². The van der Waals surface area contributed by atoms with Crippen molar-refractivity contribution in [1.29, 1.82) is 0 Å². The van der Waals surface area contributed by atoms with Crippen molar-refractivity contribution in [1.82, 2.24) is 20.3 Å². The molecule has 0 aliphatic carbocycles. The number of benzene rings is 1. The second kappa shape index (κ2) is 6.54. The van der Waals surface area contributed by atoms with Crippen molar-refractivity contribution in [2.75, 3.05) is 37.7 Å². The lowest BCUT2D eigenvalue weighted by atomic mass is 9.96. The first-order chi connectivity index (χ1) is 12.8. The number of morpholine rings is 1. The zero-order chi connectivity index (χ0) is 17.5. The van der Waals surface area contributed by atoms with Gasteiger partial charge in [0.1, 0.15) is 0 Å². The normalized spacial score (nSPS) is 20.3. The number of halogens is 1. The number of fused-ring (bicyclic) bond motifs is 3. The molecule has 0 spiro atoms. The molecule has 1 saturated heterocycles. The number of aromatic amines is 1. The Bertz CT molecular complexity index is 933. The monoisotopic (exact) mass is 369 g/mol. The molecule has 0 amide bonds. The quantitative estimate of drug-likeness (QED) is 0.727. The molecule has 0 bridgehead atoms. The van der Waals surface area contributed by atoms with E-state index in [1.54, 1.807) is 0 Å². The van der Waals surface area contributed by atoms with E-state index in [0.717, 1.165) is 61.3 Å². The van der Waals surface area contributed by atoms with Gasteiger partial charge in [-0.05, 0) is 30.2 Å². The van der Waals surface area contributed by atoms with Crippen molar-refractivity contribution in [3.63, 3.8) is 0 Å². The molecule has 3 aromatic rings. The molecule has 0 unspecified atom stereocenters. The highest BCUT2D eigenvalue weighted by Gasteiger charge is 2.26. The van der Waals surface area contributed by atoms with Gasteiger partial charge < -0.3 is 19.9 Å². The number of nitrogens with one attached hydrogen (secondary N) is 2. The Hall–Kier alpha value is -2.15. The van der Waals surface area contributed by atoms with Crippen LogP contribution in [0.1, 0.15) is 22.9 Å². The van der Waals surface area contributed by atoms with Crippen molar-refractivity contribution in [3.8, 4) is 0 Å². The molecule has 2 aliphatic rings. The number of aromatic nitrogens is 3. The molecule has 7 heteroatoms. The fourth-order valence-electron chi connectivity index (χ4n) is 3.89. The van der Waals surface area contributed by atoms with E-state index in [0.29, 0.717) is 0 Å². The number of ether oxygens (including phenoxy) is 1. The minimum atomic E-state index is 0.0728. The number of hydrogen-bond acceptors (Lipinski definition) is 5. The average molecular weight is 370 g/mol. The van der Waals surface area contributed by atoms with E-state index < -0.39 is 0 Å². The molecule has 0 radical (unpaired) electrons. The maximum absolute atomic E-state index is 6.20. The average Bonchev–Trinajstić information content (AvgIpc) is 3.07. The summed E-state index contributed by atoms with van der Waals surface area (Å²) in [6.45, 7) is 4.07. The molecule has 2 aliphatic heterocycles. The zero-order valence-electron chi connectivity index (χ0n) is 14.3. The van der Waals surface area contributed by atoms with Crippen molar-refractivity contribution in [2.45, 2.75) is 12.5 Å². The lowest BCUT2D eigenvalue weighted by molar-refractivity contribution is 0.122. The predicted molar refractivity (Wildman–Crippen MR) is 102 cm³/mol. The van der Waals surface area contributed by atoms with Crippen LogP contribution in [-0.2, 0) is 11.2 Å². The molecule has 1 atom stereocenters. The van der Waals surface area contributed by atoms with Crippen LogP contribution in [0, 0.1) is 0 Å². The zero-order valence-corrected chi connectivity index (χ0v) is 15.1. The smallest absolute Gasteiger partial charge is 0.225 e. The Morgan fingerprint density at radius 3 is 2.77 bits per heavy atom. The first-order valence-corrected chi connectivity index (χ1v) is 9.35. The molecule has 4 heterocycles. The molecule has 1 fully saturated rings. The SMILES string of the molecule is Clc1ccc2[nH]c3c(c2c1)CCN[C@H]3c1cnc(N2CCOCC2)nc1. The molecule has 0 saturated carbocycles. The van der Waals surface area contributed by atoms with Crippen LogP contribution in [0.2, 0.25) is 5.02 Å². The third-order valence-electron chi connectivity index (χ3n) is 5.20. The van der Waals surface area contributed by atoms with Gasteiger partial charge in [0.25, 0.3) is 0 Å². The van der Waals surface area contributed by atoms with Crippen LogP contribution in [0.4, 0.5) is 5.95 Å². The summed E-state index contributed by atoms with van der Waals surface area (Å²) in [5, 5.41) is 5.57. The van der Waals surface area contributed by atoms with Gasteiger partial charge in [-0.2, -0.15) is 0 Å². The van der Waals surface area contributed by atoms with Crippen molar-refractivity contribution < 1.29 is 4.74 Å². The van der Waals surface area contributed by atoms with E-state index >= 15 is 0 Å². The van der Waals surface area contributed by atoms with Crippen LogP contribution in [0.3, 0.4) is 0 Å². The van der Waals surface area contributed by atoms with Gasteiger partial charge in [-0.3, -0.25) is 0 Å². The fraction of sp³-hybridized carbons (Fsp3) is 0.368. The Kier molecular flexibility index (Phi) is 4.04. The molecule has 5 rings (SSSR count). The number of hydrogen-bond donors (Lipinski definition) is 2. The topological polar surface area (TPSA) is 66.1 Å². The first kappa shape index (κ1) is 16.1. The maximum atomic E-state index is 6.20. The number of H-pyrrole nitrogens is 1. The Morgan fingerprint density at radius 1 is 1.15 bits per heavy atom. The molecule has 26 heavy (non-hydrogen) atoms. The summed E-state index contributed by atoms with van der Waals surface area (Å²) in [7, 11) is 0. The predicted octanol–water partition coefficient (Wildman–Crippen LogP) is 2.68. The summed E-state index contributed by atoms with van der Waals surface area (Å²) in [5.41, 5.74) is 4.72. The molecule has 2 aromatic heterocycles. The summed E-state index contributed by atoms with van der Waals surface area (Å²) in [6.07, 6.45) is 4.85. The molecule has 134 valence electrons. The highest BCUT2D eigenvalue weighted by molar-refractivity contribution is 6.31. The number of rotatable bonds is 2. The van der Waals surface area contributed by atoms with Gasteiger partial charge >= 0.3 is 0 Å². The Morgan fingerprint density at radius 2 is 1.96 bits per heavy atom. The maximum Gasteiger partial charge on any atom is 0.225 e. The standard InChI is InChI=1S/C19H20ClN5O/c20-13-1-2-16-15(9-13)14-3-4-21-17(18(14)24-16)12-10-22-19(23-11-12)25-5-7-26-8-6-25/h1-2,9-11,17,21,24H,3-8H2/t17-/m0/s1. The molecular formula is C19H20ClN5O. The summed E-state index contributed by atoms with van der Waals surface area (Å²) in [5.74, 6) is 0.775. The minimum absolute atomic E-state index is 0.0728. The van der Waals surface area contributed by atoms with Crippen molar-refractivity contribution >= 4 is 28.5 Å². The van der Waals surface area contributed by atoms with E-state index in [-0.39, 0.29) is 6.04 Å². The Balaban J connectivity index is 1.49. The second-order valence-corrected chi connectivity index (χ2v) is 7.20. The van der Waals surface area contributed by atoms with Gasteiger partial charge in [0.2, 0.25) is 5.95 Å². The van der Waals surface area contributed by atoms with Crippen LogP contribution >= 0.6 is 11.6 Å². The number of anilines is 1. The first-order valence-electron chi connectivity index (χ1n) is 8.97. The molecule has 1 aromatic carbocycles. The van der Waals surface area contributed by atoms with Gasteiger partial charge in [-0.25, -0.2) is 9.97 Å². The van der Waals surface area contributed by atoms with Crippen LogP contribution in [0.25, 0.3) is 10.9 Å². The van der Waals surface area contributed by atoms with Gasteiger partial charge in [0.15, 0.2) is 0 Å². The highest BCUT2D eigenvalue weighted by Crippen LogP contribution is 2.34. The van der Waals surface area contributed by atoms with E-state index in [1.165, 1.54) is 16.6 Å². The van der Waals surface area contributed by atoms with Gasteiger partial charge in [-0.15, -0.1) is 0 Å². The lowest BCUT2D eigenvalue weighted by Crippen LogP contribution is -2.37. The van der Waals surface area contributed by atoms with Crippen molar-refractivity contribution in [2.24, 2.45) is 0 Å². The number of nitrogens with zero attached hydrogens (tertiary/aromatic N) is 3. The largest absolute Gasteiger partial charge is 0.378 e. The fourth-order valence-corrected chi connectivity index (χ4v) is 4.06. The van der Waals surface area contributed by atoms with Crippen LogP contribution in [0.15, 0.2) is 30.6 Å². The third kappa shape index (κ3) is 2.74. The van der Waals surface area contributed by atoms with Crippen LogP contribution < -0.4 is 10.2 Å². The van der Waals surface area contributed by atoms with Gasteiger partial charge in [0, 0.05) is 59.2 Å². The minimum Gasteiger partial charge on any atom is -0.378 e. The van der Waals surface area contributed by atoms with Gasteiger partial charge in [0.05, 0.1) is 19.3 Å². The van der Waals surface area contributed by atoms with E-state index in [2.05, 4.69) is 25.2 Å². The molecule has 2 N–H and O–H groups in total. The summed E-state index contributed by atoms with van der Waals surface area (Å²) in [4.78, 5) is 14.9. The highest BCUT2D eigenvalue weighted by atomic mass is 35.5. The van der Waals surface area contributed by atoms with E-state index in [1.807, 2.05) is 30.6 Å². The van der Waals surface area contributed by atoms with Crippen LogP contribution in [0.5, 0.6) is 0 Å². The molecule has 6 nitrogen and oxygen atoms in total. The lowest BCUT2D eigenvalue weighted by Gasteiger charge is -2.28. The Labute approximate surface area is 156 Å². The van der Waals surface area contributed by atoms with Crippen LogP contribution in [-0.4, -0.2) is 47.8 Å². The summed E-state index contributed by atoms with van der Waals surface area (Å²) < 4.78 is 5.40. The second-order valence-electron chi connectivity index (χ2n) is 6.76. The third-order valence-corrected chi connectivity index (χ3v) is 5.43. The van der Waals surface area contributed by atoms with E-state index in [4.69, 9.17) is 16.3 Å². The summed E-state index contributed by atoms with van der Waals surface area (Å²) >= 11 is 6.20. The molecular weight excluding hydrogens is 350 g/mol. The van der Waals surface area contributed by atoms with Gasteiger partial charge in [-0.1, -0.05) is 11.6 Å². The summed E-state index contributed by atoms with van der Waals surface area (Å²) in [6, 6.07) is 6.09.